The van der Waals surface area contributed by atoms with Gasteiger partial charge < -0.3 is 9.31 Å². The molecule has 0 radical (unpaired) electrons. The van der Waals surface area contributed by atoms with Crippen molar-refractivity contribution < 1.29 is 9.31 Å². The maximum Gasteiger partial charge on any atom is 0.495 e. The van der Waals surface area contributed by atoms with Gasteiger partial charge in [0.25, 0.3) is 0 Å². The Balaban J connectivity index is 1.72. The van der Waals surface area contributed by atoms with Crippen LogP contribution in [0, 0.1) is 11.3 Å². The molecule has 0 aromatic heterocycles. The Morgan fingerprint density at radius 2 is 1.59 bits per heavy atom. The van der Waals surface area contributed by atoms with Gasteiger partial charge in [0.15, 0.2) is 0 Å². The summed E-state index contributed by atoms with van der Waals surface area (Å²) in [5.41, 5.74) is 6.41. The molecule has 29 heavy (non-hydrogen) atoms. The molecule has 0 amide bonds. The Morgan fingerprint density at radius 1 is 0.897 bits per heavy atom. The van der Waals surface area contributed by atoms with E-state index < -0.39 is 0 Å². The molecular weight excluding hydrogens is 357 g/mol. The van der Waals surface area contributed by atoms with Gasteiger partial charge in [-0.15, -0.1) is 0 Å². The van der Waals surface area contributed by atoms with Crippen LogP contribution in [0.2, 0.25) is 0 Å². The second kappa shape index (κ2) is 6.21. The lowest BCUT2D eigenvalue weighted by Crippen LogP contribution is -2.41. The van der Waals surface area contributed by atoms with E-state index in [9.17, 15) is 5.26 Å². The summed E-state index contributed by atoms with van der Waals surface area (Å²) in [6, 6.07) is 15.2. The van der Waals surface area contributed by atoms with Crippen LogP contribution in [0.15, 0.2) is 36.4 Å². The maximum atomic E-state index is 9.53. The number of nitrogens with zero attached hydrogens (tertiary/aromatic N) is 1. The van der Waals surface area contributed by atoms with Crippen molar-refractivity contribution in [1.82, 2.24) is 0 Å². The Labute approximate surface area is 174 Å². The summed E-state index contributed by atoms with van der Waals surface area (Å²) >= 11 is 0. The van der Waals surface area contributed by atoms with E-state index in [1.807, 2.05) is 6.07 Å². The summed E-state index contributed by atoms with van der Waals surface area (Å²) in [7, 11) is -0.378. The van der Waals surface area contributed by atoms with Gasteiger partial charge in [-0.1, -0.05) is 43.5 Å². The van der Waals surface area contributed by atoms with Gasteiger partial charge >= 0.3 is 7.12 Å². The third-order valence-corrected chi connectivity index (χ3v) is 7.76. The lowest BCUT2D eigenvalue weighted by atomic mass is 9.66. The van der Waals surface area contributed by atoms with E-state index in [1.165, 1.54) is 41.5 Å². The van der Waals surface area contributed by atoms with Gasteiger partial charge in [0.1, 0.15) is 0 Å². The Hall–Kier alpha value is -2.09. The molecule has 5 rings (SSSR count). The molecule has 0 bridgehead atoms. The van der Waals surface area contributed by atoms with Crippen molar-refractivity contribution in [2.75, 3.05) is 0 Å². The Morgan fingerprint density at radius 3 is 2.24 bits per heavy atom. The molecule has 148 valence electrons. The highest BCUT2D eigenvalue weighted by Gasteiger charge is 2.54. The Bertz CT molecular complexity index is 1010. The van der Waals surface area contributed by atoms with Crippen molar-refractivity contribution in [3.05, 3.63) is 53.1 Å². The smallest absolute Gasteiger partial charge is 0.399 e. The maximum absolute atomic E-state index is 9.53. The summed E-state index contributed by atoms with van der Waals surface area (Å²) in [6.07, 6.45) is 6.05. The van der Waals surface area contributed by atoms with E-state index in [0.717, 1.165) is 23.9 Å². The van der Waals surface area contributed by atoms with Gasteiger partial charge in [-0.2, -0.15) is 5.26 Å². The van der Waals surface area contributed by atoms with Crippen LogP contribution in [0.3, 0.4) is 0 Å². The minimum Gasteiger partial charge on any atom is -0.399 e. The van der Waals surface area contributed by atoms with E-state index in [1.54, 1.807) is 0 Å². The van der Waals surface area contributed by atoms with Crippen molar-refractivity contribution in [1.29, 1.82) is 5.26 Å². The van der Waals surface area contributed by atoms with Crippen LogP contribution in [0.25, 0.3) is 11.1 Å². The number of nitriles is 1. The van der Waals surface area contributed by atoms with Crippen molar-refractivity contribution in [3.8, 4) is 17.2 Å². The van der Waals surface area contributed by atoms with Crippen LogP contribution >= 0.6 is 0 Å². The van der Waals surface area contributed by atoms with E-state index >= 15 is 0 Å². The molecule has 1 aliphatic heterocycles. The van der Waals surface area contributed by atoms with Crippen LogP contribution < -0.4 is 5.46 Å². The molecule has 1 saturated heterocycles. The molecule has 0 N–H and O–H groups in total. The standard InChI is InChI=1S/C25H28BNO2/c1-23(2)24(3,4)29-26(28-23)21-10-8-9-19-22(21)18-12-11-17(16-27)15-20(18)25(19)13-6-5-7-14-25/h8-12,15H,5-7,13-14H2,1-4H3. The SMILES string of the molecule is CC1(C)OB(c2cccc3c2-c2ccc(C#N)cc2C32CCCCC2)OC1(C)C. The second-order valence-electron chi connectivity index (χ2n) is 9.87. The molecule has 0 atom stereocenters. The van der Waals surface area contributed by atoms with E-state index in [4.69, 9.17) is 9.31 Å². The summed E-state index contributed by atoms with van der Waals surface area (Å²) in [5.74, 6) is 0. The molecule has 1 heterocycles. The van der Waals surface area contributed by atoms with Gasteiger partial charge in [0.2, 0.25) is 0 Å². The van der Waals surface area contributed by atoms with Gasteiger partial charge in [0.05, 0.1) is 22.8 Å². The quantitative estimate of drug-likeness (QED) is 0.643. The topological polar surface area (TPSA) is 42.2 Å². The molecule has 1 saturated carbocycles. The first-order valence-corrected chi connectivity index (χ1v) is 10.8. The molecule has 2 aromatic carbocycles. The van der Waals surface area contributed by atoms with E-state index in [-0.39, 0.29) is 23.7 Å². The molecule has 2 fully saturated rings. The monoisotopic (exact) mass is 385 g/mol. The zero-order valence-corrected chi connectivity index (χ0v) is 17.8. The van der Waals surface area contributed by atoms with Gasteiger partial charge in [0, 0.05) is 5.41 Å². The van der Waals surface area contributed by atoms with Crippen molar-refractivity contribution in [3.63, 3.8) is 0 Å². The molecule has 1 spiro atoms. The van der Waals surface area contributed by atoms with Crippen molar-refractivity contribution in [2.24, 2.45) is 0 Å². The lowest BCUT2D eigenvalue weighted by Gasteiger charge is -2.36. The predicted molar refractivity (Wildman–Crippen MR) is 116 cm³/mol. The molecule has 2 aromatic rings. The van der Waals surface area contributed by atoms with Crippen molar-refractivity contribution >= 4 is 12.6 Å². The fourth-order valence-electron chi connectivity index (χ4n) is 5.50. The summed E-state index contributed by atoms with van der Waals surface area (Å²) in [6.45, 7) is 8.41. The molecular formula is C25H28BNO2. The number of benzene rings is 2. The second-order valence-corrected chi connectivity index (χ2v) is 9.87. The minimum atomic E-state index is -0.378. The molecule has 3 aliphatic rings. The average molecular weight is 385 g/mol. The zero-order chi connectivity index (χ0) is 20.4. The third kappa shape index (κ3) is 2.57. The van der Waals surface area contributed by atoms with Crippen LogP contribution in [0.4, 0.5) is 0 Å². The number of fused-ring (bicyclic) bond motifs is 5. The zero-order valence-electron chi connectivity index (χ0n) is 17.8. The van der Waals surface area contributed by atoms with Crippen LogP contribution in [0.5, 0.6) is 0 Å². The summed E-state index contributed by atoms with van der Waals surface area (Å²) in [4.78, 5) is 0. The first kappa shape index (κ1) is 18.9. The largest absolute Gasteiger partial charge is 0.495 e. The van der Waals surface area contributed by atoms with E-state index in [2.05, 4.69) is 64.1 Å². The van der Waals surface area contributed by atoms with Crippen LogP contribution in [-0.4, -0.2) is 18.3 Å². The highest BCUT2D eigenvalue weighted by Crippen LogP contribution is 2.55. The van der Waals surface area contributed by atoms with Crippen molar-refractivity contribution in [2.45, 2.75) is 76.4 Å². The lowest BCUT2D eigenvalue weighted by molar-refractivity contribution is 0.00578. The molecule has 2 aliphatic carbocycles. The van der Waals surface area contributed by atoms with Gasteiger partial charge in [-0.3, -0.25) is 0 Å². The summed E-state index contributed by atoms with van der Waals surface area (Å²) < 4.78 is 12.9. The van der Waals surface area contributed by atoms with Crippen LogP contribution in [-0.2, 0) is 14.7 Å². The van der Waals surface area contributed by atoms with Gasteiger partial charge in [-0.05, 0) is 80.4 Å². The minimum absolute atomic E-state index is 0.0232. The number of hydrogen-bond donors (Lipinski definition) is 0. The number of rotatable bonds is 1. The fraction of sp³-hybridized carbons (Fsp3) is 0.480. The molecule has 4 heteroatoms. The fourth-order valence-corrected chi connectivity index (χ4v) is 5.50. The third-order valence-electron chi connectivity index (χ3n) is 7.76. The number of hydrogen-bond acceptors (Lipinski definition) is 3. The first-order chi connectivity index (χ1) is 13.8. The predicted octanol–water partition coefficient (Wildman–Crippen LogP) is 5.09. The average Bonchev–Trinajstić information content (AvgIpc) is 3.10. The normalized spacial score (nSPS) is 22.9. The molecule has 0 unspecified atom stereocenters. The Kier molecular flexibility index (Phi) is 4.05. The summed E-state index contributed by atoms with van der Waals surface area (Å²) in [5, 5.41) is 9.53. The first-order valence-electron chi connectivity index (χ1n) is 10.8. The van der Waals surface area contributed by atoms with Gasteiger partial charge in [-0.25, -0.2) is 0 Å². The highest BCUT2D eigenvalue weighted by atomic mass is 16.7. The molecule has 3 nitrogen and oxygen atoms in total. The van der Waals surface area contributed by atoms with Crippen LogP contribution in [0.1, 0.15) is 76.5 Å². The van der Waals surface area contributed by atoms with E-state index in [0.29, 0.717) is 0 Å². The highest BCUT2D eigenvalue weighted by molar-refractivity contribution is 6.64.